The van der Waals surface area contributed by atoms with E-state index in [0.29, 0.717) is 0 Å². The summed E-state index contributed by atoms with van der Waals surface area (Å²) in [6.45, 7) is 7.11. The third kappa shape index (κ3) is 2.64. The monoisotopic (exact) mass is 247 g/mol. The average molecular weight is 247 g/mol. The molecule has 0 amide bonds. The summed E-state index contributed by atoms with van der Waals surface area (Å²) in [6, 6.07) is 4.15. The molecule has 2 heterocycles. The predicted molar refractivity (Wildman–Crippen MR) is 73.6 cm³/mol. The molecule has 1 N–H and O–H groups in total. The molecule has 2 rings (SSSR count). The van der Waals surface area contributed by atoms with Crippen LogP contribution >= 0.6 is 11.3 Å². The summed E-state index contributed by atoms with van der Waals surface area (Å²) in [6.07, 6.45) is 1.09. The van der Waals surface area contributed by atoms with Crippen LogP contribution < -0.4 is 5.32 Å². The molecule has 2 aromatic heterocycles. The number of anilines is 1. The first-order chi connectivity index (χ1) is 8.22. The molecule has 0 saturated carbocycles. The number of aryl methyl sites for hydroxylation is 1. The first-order valence-corrected chi connectivity index (χ1v) is 6.73. The lowest BCUT2D eigenvalue weighted by Crippen LogP contribution is -2.07. The highest BCUT2D eigenvalue weighted by Crippen LogP contribution is 2.29. The lowest BCUT2D eigenvalue weighted by atomic mass is 10.2. The molecule has 0 bridgehead atoms. The first-order valence-electron chi connectivity index (χ1n) is 5.85. The van der Waals surface area contributed by atoms with E-state index in [1.165, 1.54) is 4.88 Å². The molecule has 0 aromatic carbocycles. The number of nitrogens with one attached hydrogen (secondary N) is 1. The number of aromatic nitrogens is 2. The van der Waals surface area contributed by atoms with Gasteiger partial charge >= 0.3 is 0 Å². The van der Waals surface area contributed by atoms with Crippen molar-refractivity contribution in [3.63, 3.8) is 0 Å². The van der Waals surface area contributed by atoms with Crippen LogP contribution in [0.5, 0.6) is 0 Å². The zero-order valence-corrected chi connectivity index (χ0v) is 11.3. The van der Waals surface area contributed by atoms with Gasteiger partial charge in [-0.2, -0.15) is 0 Å². The van der Waals surface area contributed by atoms with Crippen molar-refractivity contribution in [2.45, 2.75) is 27.2 Å². The Kier molecular flexibility index (Phi) is 3.74. The van der Waals surface area contributed by atoms with Gasteiger partial charge in [-0.3, -0.25) is 0 Å². The van der Waals surface area contributed by atoms with E-state index in [1.54, 1.807) is 11.3 Å². The number of hydrogen-bond acceptors (Lipinski definition) is 4. The molecular formula is C13H17N3S. The molecule has 0 radical (unpaired) electrons. The van der Waals surface area contributed by atoms with Crippen LogP contribution in [-0.2, 0) is 0 Å². The molecule has 3 nitrogen and oxygen atoms in total. The van der Waals surface area contributed by atoms with Crippen molar-refractivity contribution in [1.82, 2.24) is 9.97 Å². The second-order valence-electron chi connectivity index (χ2n) is 4.00. The Labute approximate surface area is 106 Å². The fourth-order valence-electron chi connectivity index (χ4n) is 1.70. The van der Waals surface area contributed by atoms with Gasteiger partial charge in [-0.25, -0.2) is 9.97 Å². The van der Waals surface area contributed by atoms with Gasteiger partial charge in [0.05, 0.1) is 10.6 Å². The van der Waals surface area contributed by atoms with Crippen molar-refractivity contribution in [3.05, 3.63) is 28.9 Å². The Morgan fingerprint density at radius 1 is 1.29 bits per heavy atom. The maximum absolute atomic E-state index is 4.54. The maximum Gasteiger partial charge on any atom is 0.133 e. The van der Waals surface area contributed by atoms with Crippen molar-refractivity contribution in [3.8, 4) is 10.6 Å². The zero-order valence-electron chi connectivity index (χ0n) is 10.4. The molecule has 0 unspecified atom stereocenters. The molecule has 90 valence electrons. The highest BCUT2D eigenvalue weighted by Gasteiger charge is 2.11. The topological polar surface area (TPSA) is 37.8 Å². The summed E-state index contributed by atoms with van der Waals surface area (Å²) in [7, 11) is 0. The predicted octanol–water partition coefficient (Wildman–Crippen LogP) is 3.64. The van der Waals surface area contributed by atoms with Crippen LogP contribution in [0.2, 0.25) is 0 Å². The van der Waals surface area contributed by atoms with E-state index in [4.69, 9.17) is 0 Å². The van der Waals surface area contributed by atoms with Gasteiger partial charge in [-0.15, -0.1) is 11.3 Å². The van der Waals surface area contributed by atoms with Gasteiger partial charge < -0.3 is 5.32 Å². The molecular weight excluding hydrogens is 230 g/mol. The third-order valence-corrected chi connectivity index (χ3v) is 3.43. The van der Waals surface area contributed by atoms with Gasteiger partial charge in [-0.05, 0) is 31.7 Å². The van der Waals surface area contributed by atoms with Gasteiger partial charge in [0.2, 0.25) is 0 Å². The standard InChI is InChI=1S/C13H17N3S/c1-4-7-14-13-9(2)12(15-10(3)16-13)11-6-5-8-17-11/h5-6,8H,4,7H2,1-3H3,(H,14,15,16). The van der Waals surface area contributed by atoms with Crippen LogP contribution in [0.3, 0.4) is 0 Å². The van der Waals surface area contributed by atoms with Crippen LogP contribution in [0, 0.1) is 13.8 Å². The van der Waals surface area contributed by atoms with E-state index in [1.807, 2.05) is 6.92 Å². The summed E-state index contributed by atoms with van der Waals surface area (Å²) >= 11 is 1.71. The van der Waals surface area contributed by atoms with Gasteiger partial charge in [0.25, 0.3) is 0 Å². The highest BCUT2D eigenvalue weighted by atomic mass is 32.1. The molecule has 0 atom stereocenters. The van der Waals surface area contributed by atoms with Crippen molar-refractivity contribution >= 4 is 17.2 Å². The normalized spacial score (nSPS) is 10.5. The zero-order chi connectivity index (χ0) is 12.3. The van der Waals surface area contributed by atoms with E-state index in [9.17, 15) is 0 Å². The molecule has 0 aliphatic heterocycles. The molecule has 0 fully saturated rings. The van der Waals surface area contributed by atoms with Gasteiger partial charge in [0, 0.05) is 12.1 Å². The summed E-state index contributed by atoms with van der Waals surface area (Å²) in [5.74, 6) is 1.78. The average Bonchev–Trinajstić information content (AvgIpc) is 2.83. The van der Waals surface area contributed by atoms with Crippen LogP contribution in [0.15, 0.2) is 17.5 Å². The molecule has 0 saturated heterocycles. The van der Waals surface area contributed by atoms with Crippen molar-refractivity contribution < 1.29 is 0 Å². The lowest BCUT2D eigenvalue weighted by Gasteiger charge is -2.11. The quantitative estimate of drug-likeness (QED) is 0.896. The largest absolute Gasteiger partial charge is 0.370 e. The SMILES string of the molecule is CCCNc1nc(C)nc(-c2cccs2)c1C. The minimum atomic E-state index is 0.817. The Hall–Kier alpha value is -1.42. The number of rotatable bonds is 4. The number of hydrogen-bond donors (Lipinski definition) is 1. The van der Waals surface area contributed by atoms with Crippen LogP contribution in [0.25, 0.3) is 10.6 Å². The molecule has 17 heavy (non-hydrogen) atoms. The number of thiophene rings is 1. The van der Waals surface area contributed by atoms with Crippen molar-refractivity contribution in [2.24, 2.45) is 0 Å². The second-order valence-corrected chi connectivity index (χ2v) is 4.94. The third-order valence-electron chi connectivity index (χ3n) is 2.55. The van der Waals surface area contributed by atoms with E-state index >= 15 is 0 Å². The second kappa shape index (κ2) is 5.27. The summed E-state index contributed by atoms with van der Waals surface area (Å²) in [5.41, 5.74) is 2.18. The summed E-state index contributed by atoms with van der Waals surface area (Å²) < 4.78 is 0. The highest BCUT2D eigenvalue weighted by molar-refractivity contribution is 7.13. The Morgan fingerprint density at radius 2 is 2.12 bits per heavy atom. The Bertz CT molecular complexity index is 492. The summed E-state index contributed by atoms with van der Waals surface area (Å²) in [4.78, 5) is 10.2. The minimum absolute atomic E-state index is 0.817. The van der Waals surface area contributed by atoms with Gasteiger partial charge in [-0.1, -0.05) is 13.0 Å². The van der Waals surface area contributed by atoms with Crippen molar-refractivity contribution in [2.75, 3.05) is 11.9 Å². The van der Waals surface area contributed by atoms with E-state index in [-0.39, 0.29) is 0 Å². The van der Waals surface area contributed by atoms with Gasteiger partial charge in [0.15, 0.2) is 0 Å². The molecule has 0 aliphatic carbocycles. The van der Waals surface area contributed by atoms with E-state index < -0.39 is 0 Å². The molecule has 2 aromatic rings. The fourth-order valence-corrected chi connectivity index (χ4v) is 2.47. The van der Waals surface area contributed by atoms with Crippen LogP contribution in [0.4, 0.5) is 5.82 Å². The van der Waals surface area contributed by atoms with Crippen molar-refractivity contribution in [1.29, 1.82) is 0 Å². The molecule has 0 spiro atoms. The smallest absolute Gasteiger partial charge is 0.133 e. The first kappa shape index (κ1) is 12.0. The van der Waals surface area contributed by atoms with E-state index in [0.717, 1.165) is 35.9 Å². The van der Waals surface area contributed by atoms with Crippen LogP contribution in [-0.4, -0.2) is 16.5 Å². The maximum atomic E-state index is 4.54. The molecule has 4 heteroatoms. The Balaban J connectivity index is 2.42. The fraction of sp³-hybridized carbons (Fsp3) is 0.385. The summed E-state index contributed by atoms with van der Waals surface area (Å²) in [5, 5.41) is 5.43. The van der Waals surface area contributed by atoms with E-state index in [2.05, 4.69) is 46.6 Å². The lowest BCUT2D eigenvalue weighted by molar-refractivity contribution is 0.948. The van der Waals surface area contributed by atoms with Crippen LogP contribution in [0.1, 0.15) is 24.7 Å². The Morgan fingerprint density at radius 3 is 2.76 bits per heavy atom. The molecule has 0 aliphatic rings. The van der Waals surface area contributed by atoms with Gasteiger partial charge in [0.1, 0.15) is 11.6 Å². The minimum Gasteiger partial charge on any atom is -0.370 e. The number of nitrogens with zero attached hydrogens (tertiary/aromatic N) is 2.